The molecule has 1 amide bonds. The zero-order valence-electron chi connectivity index (χ0n) is 14.9. The van der Waals surface area contributed by atoms with Gasteiger partial charge >= 0.3 is 0 Å². The average Bonchev–Trinajstić information content (AvgIpc) is 3.17. The van der Waals surface area contributed by atoms with Gasteiger partial charge in [0, 0.05) is 44.0 Å². The summed E-state index contributed by atoms with van der Waals surface area (Å²) < 4.78 is 7.18. The van der Waals surface area contributed by atoms with E-state index in [-0.39, 0.29) is 18.0 Å². The first-order valence-electron chi connectivity index (χ1n) is 8.85. The molecule has 1 aliphatic rings. The minimum Gasteiger partial charge on any atom is -0.378 e. The highest BCUT2D eigenvalue weighted by atomic mass is 16.5. The van der Waals surface area contributed by atoms with Gasteiger partial charge in [-0.15, -0.1) is 0 Å². The number of nitrogens with zero attached hydrogens (tertiary/aromatic N) is 3. The molecule has 0 spiro atoms. The number of carbonyl (C=O) groups is 1. The number of para-hydroxylation sites is 1. The molecule has 1 aromatic carbocycles. The number of morpholine rings is 1. The van der Waals surface area contributed by atoms with E-state index < -0.39 is 0 Å². The lowest BCUT2D eigenvalue weighted by Gasteiger charge is -2.29. The third-order valence-corrected chi connectivity index (χ3v) is 4.53. The number of ether oxygens (including phenoxy) is 1. The van der Waals surface area contributed by atoms with Crippen LogP contribution < -0.4 is 5.32 Å². The molecule has 0 bridgehead atoms. The second-order valence-corrected chi connectivity index (χ2v) is 6.50. The number of aromatic nitrogens is 2. The summed E-state index contributed by atoms with van der Waals surface area (Å²) in [4.78, 5) is 14.3. The first-order chi connectivity index (χ1) is 12.1. The minimum absolute atomic E-state index is 0.0935. The highest BCUT2D eigenvalue weighted by molar-refractivity contribution is 5.76. The highest BCUT2D eigenvalue weighted by Gasteiger charge is 2.21. The lowest BCUT2D eigenvalue weighted by atomic mass is 10.0. The van der Waals surface area contributed by atoms with Gasteiger partial charge in [-0.3, -0.25) is 4.79 Å². The van der Waals surface area contributed by atoms with E-state index in [1.54, 1.807) is 6.20 Å². The second-order valence-electron chi connectivity index (χ2n) is 6.50. The fourth-order valence-electron chi connectivity index (χ4n) is 3.25. The van der Waals surface area contributed by atoms with Gasteiger partial charge in [0.25, 0.3) is 0 Å². The van der Waals surface area contributed by atoms with E-state index in [0.717, 1.165) is 11.3 Å². The van der Waals surface area contributed by atoms with Gasteiger partial charge in [-0.25, -0.2) is 4.68 Å². The van der Waals surface area contributed by atoms with Crippen LogP contribution in [0.15, 0.2) is 42.7 Å². The molecule has 6 heteroatoms. The number of nitrogens with one attached hydrogen (secondary N) is 1. The van der Waals surface area contributed by atoms with Crippen molar-refractivity contribution in [1.82, 2.24) is 20.0 Å². The van der Waals surface area contributed by atoms with Crippen molar-refractivity contribution in [1.29, 1.82) is 0 Å². The van der Waals surface area contributed by atoms with E-state index >= 15 is 0 Å². The van der Waals surface area contributed by atoms with E-state index in [1.165, 1.54) is 0 Å². The fraction of sp³-hybridized carbons (Fsp3) is 0.474. The lowest BCUT2D eigenvalue weighted by molar-refractivity contribution is -0.135. The summed E-state index contributed by atoms with van der Waals surface area (Å²) in [5, 5.41) is 7.88. The van der Waals surface area contributed by atoms with Gasteiger partial charge in [-0.2, -0.15) is 5.10 Å². The standard InChI is InChI=1S/C19H26N4O2/c1-15(14-19(24)22-10-12-25-13-11-22)21-16(2)17-6-3-4-7-18(17)23-9-5-8-20-23/h3-9,15-16,21H,10-14H2,1-2H3/t15-,16+/m1/s1. The van der Waals surface area contributed by atoms with E-state index in [9.17, 15) is 4.79 Å². The number of benzene rings is 1. The molecule has 6 nitrogen and oxygen atoms in total. The van der Waals surface area contributed by atoms with Gasteiger partial charge in [0.05, 0.1) is 18.9 Å². The maximum absolute atomic E-state index is 12.4. The van der Waals surface area contributed by atoms with Crippen LogP contribution in [0.25, 0.3) is 5.69 Å². The Labute approximate surface area is 148 Å². The molecule has 2 atom stereocenters. The van der Waals surface area contributed by atoms with Crippen molar-refractivity contribution in [3.8, 4) is 5.69 Å². The van der Waals surface area contributed by atoms with Gasteiger partial charge in [0.1, 0.15) is 0 Å². The molecule has 1 fully saturated rings. The van der Waals surface area contributed by atoms with Crippen LogP contribution in [0.2, 0.25) is 0 Å². The third-order valence-electron chi connectivity index (χ3n) is 4.53. The van der Waals surface area contributed by atoms with E-state index in [0.29, 0.717) is 32.7 Å². The van der Waals surface area contributed by atoms with Crippen molar-refractivity contribution in [2.45, 2.75) is 32.4 Å². The normalized spacial score (nSPS) is 17.3. The SMILES string of the molecule is C[C@H](CC(=O)N1CCOCC1)N[C@@H](C)c1ccccc1-n1cccn1. The number of rotatable bonds is 6. The zero-order valence-corrected chi connectivity index (χ0v) is 14.9. The topological polar surface area (TPSA) is 59.4 Å². The van der Waals surface area contributed by atoms with Crippen LogP contribution in [0.4, 0.5) is 0 Å². The Kier molecular flexibility index (Phi) is 5.83. The number of hydrogen-bond acceptors (Lipinski definition) is 4. The molecule has 134 valence electrons. The molecule has 1 aromatic heterocycles. The first-order valence-corrected chi connectivity index (χ1v) is 8.85. The molecule has 1 aliphatic heterocycles. The molecule has 2 aromatic rings. The molecule has 1 saturated heterocycles. The Morgan fingerprint density at radius 1 is 1.24 bits per heavy atom. The van der Waals surface area contributed by atoms with Crippen LogP contribution in [-0.4, -0.2) is 52.9 Å². The predicted molar refractivity (Wildman–Crippen MR) is 96.6 cm³/mol. The Morgan fingerprint density at radius 2 is 2.00 bits per heavy atom. The van der Waals surface area contributed by atoms with Crippen LogP contribution in [0.1, 0.15) is 31.9 Å². The van der Waals surface area contributed by atoms with Crippen molar-refractivity contribution in [3.63, 3.8) is 0 Å². The van der Waals surface area contributed by atoms with Crippen LogP contribution in [0.5, 0.6) is 0 Å². The Bertz CT molecular complexity index is 680. The Morgan fingerprint density at radius 3 is 2.72 bits per heavy atom. The smallest absolute Gasteiger partial charge is 0.224 e. The number of carbonyl (C=O) groups excluding carboxylic acids is 1. The van der Waals surface area contributed by atoms with Crippen molar-refractivity contribution in [2.75, 3.05) is 26.3 Å². The molecule has 0 saturated carbocycles. The number of hydrogen-bond donors (Lipinski definition) is 1. The average molecular weight is 342 g/mol. The van der Waals surface area contributed by atoms with E-state index in [1.807, 2.05) is 34.0 Å². The van der Waals surface area contributed by atoms with Crippen molar-refractivity contribution in [3.05, 3.63) is 48.3 Å². The van der Waals surface area contributed by atoms with Crippen LogP contribution in [0, 0.1) is 0 Å². The van der Waals surface area contributed by atoms with Crippen molar-refractivity contribution >= 4 is 5.91 Å². The summed E-state index contributed by atoms with van der Waals surface area (Å²) in [7, 11) is 0. The van der Waals surface area contributed by atoms with Gasteiger partial charge in [0.15, 0.2) is 0 Å². The molecule has 0 radical (unpaired) electrons. The summed E-state index contributed by atoms with van der Waals surface area (Å²) >= 11 is 0. The molecular weight excluding hydrogens is 316 g/mol. The quantitative estimate of drug-likeness (QED) is 0.874. The number of amides is 1. The molecule has 25 heavy (non-hydrogen) atoms. The van der Waals surface area contributed by atoms with Crippen molar-refractivity contribution < 1.29 is 9.53 Å². The molecule has 2 heterocycles. The molecule has 0 aliphatic carbocycles. The minimum atomic E-state index is 0.0935. The van der Waals surface area contributed by atoms with Crippen molar-refractivity contribution in [2.24, 2.45) is 0 Å². The van der Waals surface area contributed by atoms with Gasteiger partial charge in [-0.1, -0.05) is 18.2 Å². The molecular formula is C19H26N4O2. The largest absolute Gasteiger partial charge is 0.378 e. The Hall–Kier alpha value is -2.18. The molecule has 0 unspecified atom stereocenters. The molecule has 3 rings (SSSR count). The van der Waals surface area contributed by atoms with Gasteiger partial charge in [-0.05, 0) is 31.5 Å². The van der Waals surface area contributed by atoms with E-state index in [2.05, 4.69) is 36.4 Å². The Balaban J connectivity index is 1.62. The van der Waals surface area contributed by atoms with Crippen LogP contribution in [-0.2, 0) is 9.53 Å². The summed E-state index contributed by atoms with van der Waals surface area (Å²) in [6.07, 6.45) is 4.21. The monoisotopic (exact) mass is 342 g/mol. The predicted octanol–water partition coefficient (Wildman–Crippen LogP) is 2.16. The van der Waals surface area contributed by atoms with Gasteiger partial charge < -0.3 is 15.0 Å². The summed E-state index contributed by atoms with van der Waals surface area (Å²) in [5.41, 5.74) is 2.22. The first kappa shape index (κ1) is 17.6. The summed E-state index contributed by atoms with van der Waals surface area (Å²) in [6, 6.07) is 10.3. The molecule has 1 N–H and O–H groups in total. The zero-order chi connectivity index (χ0) is 17.6. The van der Waals surface area contributed by atoms with Crippen LogP contribution in [0.3, 0.4) is 0 Å². The van der Waals surface area contributed by atoms with Crippen LogP contribution >= 0.6 is 0 Å². The van der Waals surface area contributed by atoms with E-state index in [4.69, 9.17) is 4.74 Å². The lowest BCUT2D eigenvalue weighted by Crippen LogP contribution is -2.43. The third kappa shape index (κ3) is 4.46. The summed E-state index contributed by atoms with van der Waals surface area (Å²) in [6.45, 7) is 6.86. The summed E-state index contributed by atoms with van der Waals surface area (Å²) in [5.74, 6) is 0.191. The van der Waals surface area contributed by atoms with Gasteiger partial charge in [0.2, 0.25) is 5.91 Å². The second kappa shape index (κ2) is 8.27. The maximum Gasteiger partial charge on any atom is 0.224 e. The maximum atomic E-state index is 12.4. The fourth-order valence-corrected chi connectivity index (χ4v) is 3.25. The highest BCUT2D eigenvalue weighted by Crippen LogP contribution is 2.21.